The minimum absolute atomic E-state index is 0.103. The van der Waals surface area contributed by atoms with E-state index >= 15 is 0 Å². The Balaban J connectivity index is 1.95. The summed E-state index contributed by atoms with van der Waals surface area (Å²) < 4.78 is 1.29. The molecule has 2 rings (SSSR count). The van der Waals surface area contributed by atoms with Crippen LogP contribution in [0.25, 0.3) is 0 Å². The van der Waals surface area contributed by atoms with Gasteiger partial charge in [-0.15, -0.1) is 10.2 Å². The predicted octanol–water partition coefficient (Wildman–Crippen LogP) is 1.11. The van der Waals surface area contributed by atoms with Crippen LogP contribution < -0.4 is 11.2 Å². The second-order valence-corrected chi connectivity index (χ2v) is 4.94. The summed E-state index contributed by atoms with van der Waals surface area (Å²) in [5, 5.41) is 10.5. The highest BCUT2D eigenvalue weighted by Crippen LogP contribution is 2.20. The van der Waals surface area contributed by atoms with Gasteiger partial charge in [-0.25, -0.2) is 4.68 Å². The molecule has 1 aromatic carbocycles. The highest BCUT2D eigenvalue weighted by Gasteiger charge is 2.17. The smallest absolute Gasteiger partial charge is 0.237 e. The zero-order chi connectivity index (χ0) is 13.0. The Hall–Kier alpha value is -2.02. The molecular formula is C11H13N5OS. The minimum Gasteiger partial charge on any atom is -0.336 e. The monoisotopic (exact) mass is 263 g/mol. The Bertz CT molecular complexity index is 527. The first-order chi connectivity index (χ1) is 8.66. The number of thioether (sulfide) groups is 1. The van der Waals surface area contributed by atoms with Crippen LogP contribution in [0.4, 0.5) is 5.69 Å². The third kappa shape index (κ3) is 3.01. The van der Waals surface area contributed by atoms with Gasteiger partial charge in [0.25, 0.3) is 0 Å². The maximum Gasteiger partial charge on any atom is 0.237 e. The van der Waals surface area contributed by atoms with Gasteiger partial charge in [0.05, 0.1) is 5.25 Å². The van der Waals surface area contributed by atoms with Gasteiger partial charge in [0, 0.05) is 5.69 Å². The van der Waals surface area contributed by atoms with Gasteiger partial charge in [0.1, 0.15) is 6.33 Å². The van der Waals surface area contributed by atoms with Gasteiger partial charge in [0.2, 0.25) is 11.1 Å². The van der Waals surface area contributed by atoms with Crippen LogP contribution in [0.2, 0.25) is 0 Å². The van der Waals surface area contributed by atoms with Crippen LogP contribution >= 0.6 is 11.8 Å². The lowest BCUT2D eigenvalue weighted by Crippen LogP contribution is -2.23. The summed E-state index contributed by atoms with van der Waals surface area (Å²) in [6.07, 6.45) is 1.39. The van der Waals surface area contributed by atoms with Gasteiger partial charge in [0.15, 0.2) is 0 Å². The molecular weight excluding hydrogens is 250 g/mol. The number of aromatic nitrogens is 3. The molecule has 0 radical (unpaired) electrons. The van der Waals surface area contributed by atoms with Crippen molar-refractivity contribution in [2.45, 2.75) is 17.3 Å². The van der Waals surface area contributed by atoms with E-state index in [0.717, 1.165) is 5.69 Å². The van der Waals surface area contributed by atoms with Gasteiger partial charge in [-0.05, 0) is 19.1 Å². The van der Waals surface area contributed by atoms with Crippen molar-refractivity contribution in [3.05, 3.63) is 36.7 Å². The van der Waals surface area contributed by atoms with Crippen LogP contribution in [0.5, 0.6) is 0 Å². The number of nitrogens with two attached hydrogens (primary N) is 1. The fourth-order valence-corrected chi connectivity index (χ4v) is 2.04. The summed E-state index contributed by atoms with van der Waals surface area (Å²) >= 11 is 1.26. The molecule has 0 saturated heterocycles. The molecule has 1 amide bonds. The molecule has 0 unspecified atom stereocenters. The molecule has 6 nitrogen and oxygen atoms in total. The van der Waals surface area contributed by atoms with Crippen molar-refractivity contribution < 1.29 is 4.79 Å². The molecule has 0 fully saturated rings. The van der Waals surface area contributed by atoms with Crippen molar-refractivity contribution in [1.29, 1.82) is 0 Å². The number of anilines is 1. The van der Waals surface area contributed by atoms with Crippen molar-refractivity contribution in [1.82, 2.24) is 14.9 Å². The average molecular weight is 263 g/mol. The van der Waals surface area contributed by atoms with Crippen LogP contribution in [0.1, 0.15) is 6.92 Å². The highest BCUT2D eigenvalue weighted by molar-refractivity contribution is 8.00. The normalized spacial score (nSPS) is 12.1. The second kappa shape index (κ2) is 5.54. The van der Waals surface area contributed by atoms with E-state index in [1.807, 2.05) is 30.3 Å². The van der Waals surface area contributed by atoms with Crippen LogP contribution in [0.3, 0.4) is 0 Å². The highest BCUT2D eigenvalue weighted by atomic mass is 32.2. The Morgan fingerprint density at radius 2 is 2.17 bits per heavy atom. The average Bonchev–Trinajstić information content (AvgIpc) is 2.76. The summed E-state index contributed by atoms with van der Waals surface area (Å²) in [4.78, 5) is 11.9. The number of amides is 1. The van der Waals surface area contributed by atoms with E-state index in [4.69, 9.17) is 5.84 Å². The van der Waals surface area contributed by atoms with Gasteiger partial charge in [-0.2, -0.15) is 0 Å². The lowest BCUT2D eigenvalue weighted by atomic mass is 10.3. The lowest BCUT2D eigenvalue weighted by molar-refractivity contribution is -0.115. The summed E-state index contributed by atoms with van der Waals surface area (Å²) in [5.41, 5.74) is 0.768. The SMILES string of the molecule is C[C@H](Sc1nncn1N)C(=O)Nc1ccccc1. The molecule has 0 bridgehead atoms. The molecule has 1 aromatic heterocycles. The molecule has 0 aliphatic heterocycles. The predicted molar refractivity (Wildman–Crippen MR) is 70.6 cm³/mol. The molecule has 2 aromatic rings. The third-order valence-corrected chi connectivity index (χ3v) is 3.30. The molecule has 1 atom stereocenters. The van der Waals surface area contributed by atoms with Gasteiger partial charge >= 0.3 is 0 Å². The number of carbonyl (C=O) groups is 1. The van der Waals surface area contributed by atoms with Crippen LogP contribution in [-0.4, -0.2) is 26.0 Å². The quantitative estimate of drug-likeness (QED) is 0.637. The fourth-order valence-electron chi connectivity index (χ4n) is 1.29. The molecule has 3 N–H and O–H groups in total. The summed E-state index contributed by atoms with van der Waals surface area (Å²) in [6.45, 7) is 1.79. The van der Waals surface area contributed by atoms with Crippen molar-refractivity contribution in [3.63, 3.8) is 0 Å². The maximum absolute atomic E-state index is 11.9. The second-order valence-electron chi connectivity index (χ2n) is 3.64. The standard InChI is InChI=1S/C11H13N5OS/c1-8(18-11-15-13-7-16(11)12)10(17)14-9-5-3-2-4-6-9/h2-8H,12H2,1H3,(H,14,17)/t8-/m0/s1. The largest absolute Gasteiger partial charge is 0.336 e. The lowest BCUT2D eigenvalue weighted by Gasteiger charge is -2.10. The number of nitrogen functional groups attached to an aromatic ring is 1. The number of carbonyl (C=O) groups excluding carboxylic acids is 1. The Labute approximate surface area is 109 Å². The number of hydrogen-bond donors (Lipinski definition) is 2. The molecule has 0 spiro atoms. The number of hydrogen-bond acceptors (Lipinski definition) is 5. The van der Waals surface area contributed by atoms with Crippen molar-refractivity contribution >= 4 is 23.4 Å². The van der Waals surface area contributed by atoms with E-state index in [2.05, 4.69) is 15.5 Å². The molecule has 0 saturated carbocycles. The maximum atomic E-state index is 11.9. The number of nitrogens with one attached hydrogen (secondary N) is 1. The number of nitrogens with zero attached hydrogens (tertiary/aromatic N) is 3. The van der Waals surface area contributed by atoms with E-state index in [1.54, 1.807) is 6.92 Å². The zero-order valence-electron chi connectivity index (χ0n) is 9.78. The number of rotatable bonds is 4. The molecule has 18 heavy (non-hydrogen) atoms. The molecule has 7 heteroatoms. The molecule has 1 heterocycles. The Kier molecular flexibility index (Phi) is 3.83. The molecule has 0 aliphatic rings. The van der Waals surface area contributed by atoms with Crippen LogP contribution in [-0.2, 0) is 4.79 Å². The van der Waals surface area contributed by atoms with Gasteiger partial charge in [-0.1, -0.05) is 30.0 Å². The number of benzene rings is 1. The van der Waals surface area contributed by atoms with Gasteiger partial charge < -0.3 is 11.2 Å². The Morgan fingerprint density at radius 1 is 1.44 bits per heavy atom. The summed E-state index contributed by atoms with van der Waals surface area (Å²) in [7, 11) is 0. The fraction of sp³-hybridized carbons (Fsp3) is 0.182. The van der Waals surface area contributed by atoms with E-state index in [-0.39, 0.29) is 11.2 Å². The first-order valence-electron chi connectivity index (χ1n) is 5.34. The van der Waals surface area contributed by atoms with Crippen molar-refractivity contribution in [2.75, 3.05) is 11.2 Å². The Morgan fingerprint density at radius 3 is 2.78 bits per heavy atom. The third-order valence-electron chi connectivity index (χ3n) is 2.23. The van der Waals surface area contributed by atoms with Gasteiger partial charge in [-0.3, -0.25) is 4.79 Å². The van der Waals surface area contributed by atoms with E-state index in [0.29, 0.717) is 5.16 Å². The van der Waals surface area contributed by atoms with Crippen molar-refractivity contribution in [3.8, 4) is 0 Å². The first-order valence-corrected chi connectivity index (χ1v) is 6.22. The summed E-state index contributed by atoms with van der Waals surface area (Å²) in [6, 6.07) is 9.29. The van der Waals surface area contributed by atoms with E-state index in [1.165, 1.54) is 22.8 Å². The van der Waals surface area contributed by atoms with Crippen LogP contribution in [0.15, 0.2) is 41.8 Å². The van der Waals surface area contributed by atoms with E-state index < -0.39 is 0 Å². The molecule has 0 aliphatic carbocycles. The molecule has 94 valence electrons. The van der Waals surface area contributed by atoms with Crippen LogP contribution in [0, 0.1) is 0 Å². The number of para-hydroxylation sites is 1. The first kappa shape index (κ1) is 12.4. The topological polar surface area (TPSA) is 85.8 Å². The minimum atomic E-state index is -0.309. The van der Waals surface area contributed by atoms with Crippen molar-refractivity contribution in [2.24, 2.45) is 0 Å². The summed E-state index contributed by atoms with van der Waals surface area (Å²) in [5.74, 6) is 5.48. The van der Waals surface area contributed by atoms with E-state index in [9.17, 15) is 4.79 Å². The zero-order valence-corrected chi connectivity index (χ0v) is 10.6.